The Balaban J connectivity index is 2.36. The van der Waals surface area contributed by atoms with Crippen molar-refractivity contribution in [2.45, 2.75) is 43.5 Å². The summed E-state index contributed by atoms with van der Waals surface area (Å²) in [7, 11) is -3.41. The minimum Gasteiger partial charge on any atom is -0.207 e. The molecule has 1 saturated carbocycles. The Hall–Kier alpha value is -1.13. The van der Waals surface area contributed by atoms with Crippen LogP contribution in [0.1, 0.15) is 31.2 Å². The SMILES string of the molecule is C=CCN(C1CCCC1)S(=O)(=O)c1cccc(C)c1. The average Bonchev–Trinajstić information content (AvgIpc) is 2.89. The number of rotatable bonds is 5. The number of aryl methyl sites for hydroxylation is 1. The lowest BCUT2D eigenvalue weighted by atomic mass is 10.2. The maximum atomic E-state index is 12.7. The van der Waals surface area contributed by atoms with Gasteiger partial charge in [-0.25, -0.2) is 8.42 Å². The zero-order valence-electron chi connectivity index (χ0n) is 11.4. The van der Waals surface area contributed by atoms with E-state index in [1.807, 2.05) is 13.0 Å². The highest BCUT2D eigenvalue weighted by molar-refractivity contribution is 7.89. The third-order valence-electron chi connectivity index (χ3n) is 3.64. The zero-order valence-corrected chi connectivity index (χ0v) is 12.2. The average molecular weight is 279 g/mol. The van der Waals surface area contributed by atoms with Crippen molar-refractivity contribution >= 4 is 10.0 Å². The fraction of sp³-hybridized carbons (Fsp3) is 0.467. The Bertz CT molecular complexity index is 545. The summed E-state index contributed by atoms with van der Waals surface area (Å²) in [4.78, 5) is 0.390. The Morgan fingerprint density at radius 1 is 1.37 bits per heavy atom. The second-order valence-corrected chi connectivity index (χ2v) is 7.01. The first-order valence-corrected chi connectivity index (χ1v) is 8.19. The molecule has 4 heteroatoms. The summed E-state index contributed by atoms with van der Waals surface area (Å²) in [5.41, 5.74) is 0.964. The number of hydrogen-bond acceptors (Lipinski definition) is 2. The molecule has 0 bridgehead atoms. The van der Waals surface area contributed by atoms with Crippen LogP contribution in [0, 0.1) is 6.92 Å². The van der Waals surface area contributed by atoms with E-state index in [1.165, 1.54) is 0 Å². The van der Waals surface area contributed by atoms with Gasteiger partial charge < -0.3 is 0 Å². The van der Waals surface area contributed by atoms with E-state index in [1.54, 1.807) is 28.6 Å². The molecule has 1 aliphatic carbocycles. The molecule has 0 radical (unpaired) electrons. The minimum absolute atomic E-state index is 0.128. The second-order valence-electron chi connectivity index (χ2n) is 5.12. The minimum atomic E-state index is -3.41. The summed E-state index contributed by atoms with van der Waals surface area (Å²) in [6, 6.07) is 7.24. The quantitative estimate of drug-likeness (QED) is 0.777. The van der Waals surface area contributed by atoms with Crippen LogP contribution in [0.3, 0.4) is 0 Å². The van der Waals surface area contributed by atoms with E-state index in [4.69, 9.17) is 0 Å². The molecular weight excluding hydrogens is 258 g/mol. The molecule has 19 heavy (non-hydrogen) atoms. The third kappa shape index (κ3) is 3.07. The smallest absolute Gasteiger partial charge is 0.207 e. The molecule has 1 aromatic carbocycles. The van der Waals surface area contributed by atoms with Crippen molar-refractivity contribution in [3.05, 3.63) is 42.5 Å². The maximum absolute atomic E-state index is 12.7. The lowest BCUT2D eigenvalue weighted by Gasteiger charge is -2.27. The monoisotopic (exact) mass is 279 g/mol. The molecule has 0 aromatic heterocycles. The topological polar surface area (TPSA) is 37.4 Å². The summed E-state index contributed by atoms with van der Waals surface area (Å²) in [5.74, 6) is 0. The number of nitrogens with zero attached hydrogens (tertiary/aromatic N) is 1. The standard InChI is InChI=1S/C15H21NO2S/c1-3-11-16(14-8-4-5-9-14)19(17,18)15-10-6-7-13(2)12-15/h3,6-7,10,12,14H,1,4-5,8-9,11H2,2H3. The van der Waals surface area contributed by atoms with Crippen molar-refractivity contribution in [2.75, 3.05) is 6.54 Å². The zero-order chi connectivity index (χ0) is 13.9. The molecule has 0 amide bonds. The number of hydrogen-bond donors (Lipinski definition) is 0. The maximum Gasteiger partial charge on any atom is 0.243 e. The molecule has 1 aromatic rings. The van der Waals surface area contributed by atoms with Crippen LogP contribution in [0.5, 0.6) is 0 Å². The molecule has 0 N–H and O–H groups in total. The van der Waals surface area contributed by atoms with Crippen LogP contribution in [-0.4, -0.2) is 25.3 Å². The van der Waals surface area contributed by atoms with Crippen LogP contribution >= 0.6 is 0 Å². The predicted molar refractivity (Wildman–Crippen MR) is 77.5 cm³/mol. The first-order valence-electron chi connectivity index (χ1n) is 6.75. The van der Waals surface area contributed by atoms with Gasteiger partial charge in [-0.2, -0.15) is 4.31 Å². The first kappa shape index (κ1) is 14.3. The fourth-order valence-electron chi connectivity index (χ4n) is 2.67. The molecule has 2 rings (SSSR count). The van der Waals surface area contributed by atoms with Crippen LogP contribution in [0.25, 0.3) is 0 Å². The Morgan fingerprint density at radius 3 is 2.63 bits per heavy atom. The first-order chi connectivity index (χ1) is 9.05. The van der Waals surface area contributed by atoms with Gasteiger partial charge in [-0.3, -0.25) is 0 Å². The highest BCUT2D eigenvalue weighted by Crippen LogP contribution is 2.28. The van der Waals surface area contributed by atoms with Crippen molar-refractivity contribution in [2.24, 2.45) is 0 Å². The molecule has 0 saturated heterocycles. The Morgan fingerprint density at radius 2 is 2.05 bits per heavy atom. The molecule has 1 aliphatic rings. The normalized spacial score (nSPS) is 16.9. The van der Waals surface area contributed by atoms with Crippen molar-refractivity contribution in [3.63, 3.8) is 0 Å². The highest BCUT2D eigenvalue weighted by Gasteiger charge is 2.32. The lowest BCUT2D eigenvalue weighted by molar-refractivity contribution is 0.347. The van der Waals surface area contributed by atoms with Gasteiger partial charge in [0.1, 0.15) is 0 Å². The summed E-state index contributed by atoms with van der Waals surface area (Å²) < 4.78 is 27.1. The van der Waals surface area contributed by atoms with Crippen molar-refractivity contribution in [3.8, 4) is 0 Å². The van der Waals surface area contributed by atoms with Crippen molar-refractivity contribution in [1.82, 2.24) is 4.31 Å². The van der Waals surface area contributed by atoms with E-state index in [2.05, 4.69) is 6.58 Å². The fourth-order valence-corrected chi connectivity index (χ4v) is 4.44. The van der Waals surface area contributed by atoms with E-state index >= 15 is 0 Å². The van der Waals surface area contributed by atoms with Gasteiger partial charge in [-0.15, -0.1) is 6.58 Å². The van der Waals surface area contributed by atoms with Gasteiger partial charge in [-0.05, 0) is 37.5 Å². The second kappa shape index (κ2) is 5.88. The molecule has 3 nitrogen and oxygen atoms in total. The van der Waals surface area contributed by atoms with Gasteiger partial charge >= 0.3 is 0 Å². The molecule has 104 valence electrons. The van der Waals surface area contributed by atoms with Crippen LogP contribution in [0.4, 0.5) is 0 Å². The van der Waals surface area contributed by atoms with Crippen molar-refractivity contribution in [1.29, 1.82) is 0 Å². The molecule has 0 aliphatic heterocycles. The molecule has 0 unspecified atom stereocenters. The Kier molecular flexibility index (Phi) is 4.42. The summed E-state index contributed by atoms with van der Waals surface area (Å²) in [6.45, 7) is 5.99. The predicted octanol–water partition coefficient (Wildman–Crippen LogP) is 3.11. The van der Waals surface area contributed by atoms with Crippen LogP contribution < -0.4 is 0 Å². The molecule has 1 fully saturated rings. The van der Waals surface area contributed by atoms with E-state index in [0.717, 1.165) is 31.2 Å². The molecular formula is C15H21NO2S. The van der Waals surface area contributed by atoms with Crippen LogP contribution in [0.15, 0.2) is 41.8 Å². The van der Waals surface area contributed by atoms with E-state index in [0.29, 0.717) is 11.4 Å². The molecule has 0 heterocycles. The van der Waals surface area contributed by atoms with Gasteiger partial charge in [-0.1, -0.05) is 31.1 Å². The van der Waals surface area contributed by atoms with Crippen LogP contribution in [-0.2, 0) is 10.0 Å². The summed E-state index contributed by atoms with van der Waals surface area (Å²) >= 11 is 0. The molecule has 0 atom stereocenters. The largest absolute Gasteiger partial charge is 0.243 e. The number of sulfonamides is 1. The van der Waals surface area contributed by atoms with Gasteiger partial charge in [0, 0.05) is 12.6 Å². The molecule has 0 spiro atoms. The summed E-state index contributed by atoms with van der Waals surface area (Å²) in [6.07, 6.45) is 5.81. The van der Waals surface area contributed by atoms with Gasteiger partial charge in [0.05, 0.1) is 4.90 Å². The van der Waals surface area contributed by atoms with E-state index in [-0.39, 0.29) is 6.04 Å². The van der Waals surface area contributed by atoms with Crippen molar-refractivity contribution < 1.29 is 8.42 Å². The number of benzene rings is 1. The van der Waals surface area contributed by atoms with Gasteiger partial charge in [0.25, 0.3) is 0 Å². The Labute approximate surface area is 116 Å². The van der Waals surface area contributed by atoms with Gasteiger partial charge in [0.15, 0.2) is 0 Å². The van der Waals surface area contributed by atoms with E-state index < -0.39 is 10.0 Å². The van der Waals surface area contributed by atoms with Gasteiger partial charge in [0.2, 0.25) is 10.0 Å². The van der Waals surface area contributed by atoms with Crippen LogP contribution in [0.2, 0.25) is 0 Å². The summed E-state index contributed by atoms with van der Waals surface area (Å²) in [5, 5.41) is 0. The highest BCUT2D eigenvalue weighted by atomic mass is 32.2. The lowest BCUT2D eigenvalue weighted by Crippen LogP contribution is -2.38. The third-order valence-corrected chi connectivity index (χ3v) is 5.55. The van der Waals surface area contributed by atoms with E-state index in [9.17, 15) is 8.42 Å².